The topological polar surface area (TPSA) is 66.2 Å². The van der Waals surface area contributed by atoms with Crippen LogP contribution in [0.15, 0.2) is 59.8 Å². The number of ether oxygens (including phenoxy) is 2. The van der Waals surface area contributed by atoms with Crippen LogP contribution >= 0.6 is 11.8 Å². The Balaban J connectivity index is 1.80. The lowest BCUT2D eigenvalue weighted by molar-refractivity contribution is 0.102. The van der Waals surface area contributed by atoms with E-state index in [4.69, 9.17) is 9.47 Å². The minimum atomic E-state index is 0.00445. The number of ketones is 1. The lowest BCUT2D eigenvalue weighted by atomic mass is 10.1. The highest BCUT2D eigenvalue weighted by molar-refractivity contribution is 7.99. The molecule has 3 aromatic rings. The van der Waals surface area contributed by atoms with E-state index >= 15 is 0 Å². The minimum absolute atomic E-state index is 0.00445. The number of Topliss-reactive ketones (excluding diaryl/α,β-unsaturated/α-hetero) is 1. The van der Waals surface area contributed by atoms with Crippen LogP contribution in [-0.2, 0) is 11.3 Å². The van der Waals surface area contributed by atoms with Crippen molar-refractivity contribution >= 4 is 17.5 Å². The average molecular weight is 369 g/mol. The molecule has 0 unspecified atom stereocenters. The van der Waals surface area contributed by atoms with Crippen molar-refractivity contribution in [1.29, 1.82) is 0 Å². The molecule has 1 heterocycles. The molecule has 6 nitrogen and oxygen atoms in total. The Kier molecular flexibility index (Phi) is 6.04. The number of benzene rings is 2. The van der Waals surface area contributed by atoms with Gasteiger partial charge in [-0.1, -0.05) is 42.1 Å². The molecule has 1 aromatic heterocycles. The lowest BCUT2D eigenvalue weighted by Crippen LogP contribution is -2.06. The maximum absolute atomic E-state index is 12.5. The third-order valence-corrected chi connectivity index (χ3v) is 4.64. The molecule has 0 amide bonds. The monoisotopic (exact) mass is 369 g/mol. The van der Waals surface area contributed by atoms with E-state index in [1.165, 1.54) is 11.8 Å². The zero-order valence-corrected chi connectivity index (χ0v) is 15.4. The number of rotatable bonds is 8. The van der Waals surface area contributed by atoms with E-state index in [2.05, 4.69) is 10.2 Å². The summed E-state index contributed by atoms with van der Waals surface area (Å²) in [6, 6.07) is 16.9. The Morgan fingerprint density at radius 3 is 2.62 bits per heavy atom. The van der Waals surface area contributed by atoms with E-state index in [0.29, 0.717) is 28.9 Å². The Morgan fingerprint density at radius 1 is 1.08 bits per heavy atom. The Bertz CT molecular complexity index is 881. The van der Waals surface area contributed by atoms with Gasteiger partial charge in [-0.2, -0.15) is 0 Å². The van der Waals surface area contributed by atoms with Crippen molar-refractivity contribution in [2.75, 3.05) is 20.0 Å². The quantitative estimate of drug-likeness (QED) is 0.448. The first kappa shape index (κ1) is 18.2. The van der Waals surface area contributed by atoms with E-state index in [1.54, 1.807) is 32.4 Å². The van der Waals surface area contributed by atoms with Crippen molar-refractivity contribution in [3.05, 3.63) is 66.0 Å². The number of nitrogens with zero attached hydrogens (tertiary/aromatic N) is 3. The molecule has 0 aliphatic rings. The van der Waals surface area contributed by atoms with Crippen LogP contribution in [0.25, 0.3) is 5.69 Å². The number of hydrogen-bond acceptors (Lipinski definition) is 6. The van der Waals surface area contributed by atoms with Crippen LogP contribution in [0.2, 0.25) is 0 Å². The van der Waals surface area contributed by atoms with E-state index < -0.39 is 0 Å². The molecule has 0 atom stereocenters. The first-order valence-electron chi connectivity index (χ1n) is 8.01. The summed E-state index contributed by atoms with van der Waals surface area (Å²) >= 11 is 1.35. The normalized spacial score (nSPS) is 10.7. The van der Waals surface area contributed by atoms with Gasteiger partial charge in [0.25, 0.3) is 0 Å². The van der Waals surface area contributed by atoms with Gasteiger partial charge in [0.05, 0.1) is 12.9 Å². The number of hydrogen-bond donors (Lipinski definition) is 0. The summed E-state index contributed by atoms with van der Waals surface area (Å²) in [5.74, 6) is 1.61. The number of carbonyl (C=O) groups is 1. The van der Waals surface area contributed by atoms with Crippen LogP contribution in [-0.4, -0.2) is 40.5 Å². The minimum Gasteiger partial charge on any atom is -0.497 e. The molecule has 134 valence electrons. The molecular formula is C19H19N3O3S. The van der Waals surface area contributed by atoms with Gasteiger partial charge in [0.1, 0.15) is 12.4 Å². The van der Waals surface area contributed by atoms with Crippen molar-refractivity contribution in [3.63, 3.8) is 0 Å². The number of methoxy groups -OCH3 is 2. The maximum atomic E-state index is 12.5. The van der Waals surface area contributed by atoms with Gasteiger partial charge in [0, 0.05) is 18.4 Å². The highest BCUT2D eigenvalue weighted by Crippen LogP contribution is 2.24. The molecule has 26 heavy (non-hydrogen) atoms. The predicted octanol–water partition coefficient (Wildman–Crippen LogP) is 3.40. The second-order valence-electron chi connectivity index (χ2n) is 5.45. The van der Waals surface area contributed by atoms with Crippen molar-refractivity contribution < 1.29 is 14.3 Å². The van der Waals surface area contributed by atoms with Crippen molar-refractivity contribution in [2.24, 2.45) is 0 Å². The largest absolute Gasteiger partial charge is 0.497 e. The van der Waals surface area contributed by atoms with Gasteiger partial charge in [-0.15, -0.1) is 10.2 Å². The van der Waals surface area contributed by atoms with Crippen molar-refractivity contribution in [1.82, 2.24) is 14.8 Å². The molecule has 0 aliphatic heterocycles. The zero-order valence-electron chi connectivity index (χ0n) is 14.6. The number of carbonyl (C=O) groups excluding carboxylic acids is 1. The second kappa shape index (κ2) is 8.64. The summed E-state index contributed by atoms with van der Waals surface area (Å²) in [6.45, 7) is 0.340. The van der Waals surface area contributed by atoms with Gasteiger partial charge in [-0.25, -0.2) is 0 Å². The molecule has 7 heteroatoms. The molecule has 3 rings (SSSR count). The van der Waals surface area contributed by atoms with Gasteiger partial charge >= 0.3 is 0 Å². The smallest absolute Gasteiger partial charge is 0.196 e. The zero-order chi connectivity index (χ0) is 18.4. The van der Waals surface area contributed by atoms with Gasteiger partial charge in [-0.05, 0) is 24.3 Å². The highest BCUT2D eigenvalue weighted by atomic mass is 32.2. The Hall–Kier alpha value is -2.64. The molecule has 0 saturated heterocycles. The van der Waals surface area contributed by atoms with Crippen molar-refractivity contribution in [2.45, 2.75) is 11.8 Å². The number of para-hydroxylation sites is 1. The fourth-order valence-corrected chi connectivity index (χ4v) is 3.33. The molecule has 0 bridgehead atoms. The van der Waals surface area contributed by atoms with Gasteiger partial charge < -0.3 is 9.47 Å². The first-order chi connectivity index (χ1) is 12.7. The van der Waals surface area contributed by atoms with Crippen LogP contribution in [0.1, 0.15) is 16.2 Å². The highest BCUT2D eigenvalue weighted by Gasteiger charge is 2.16. The summed E-state index contributed by atoms with van der Waals surface area (Å²) in [7, 11) is 3.20. The lowest BCUT2D eigenvalue weighted by Gasteiger charge is -2.09. The van der Waals surface area contributed by atoms with Crippen LogP contribution < -0.4 is 4.74 Å². The van der Waals surface area contributed by atoms with Gasteiger partial charge in [0.2, 0.25) is 0 Å². The first-order valence-corrected chi connectivity index (χ1v) is 9.00. The standard InChI is InChI=1S/C19H19N3O3S/c1-24-12-18-20-21-19(22(18)15-8-4-3-5-9-15)26-13-17(23)14-7-6-10-16(11-14)25-2/h3-11H,12-13H2,1-2H3. The van der Waals surface area contributed by atoms with Crippen LogP contribution in [0.3, 0.4) is 0 Å². The van der Waals surface area contributed by atoms with Gasteiger partial charge in [0.15, 0.2) is 16.8 Å². The van der Waals surface area contributed by atoms with Crippen LogP contribution in [0.5, 0.6) is 5.75 Å². The van der Waals surface area contributed by atoms with E-state index in [9.17, 15) is 4.79 Å². The van der Waals surface area contributed by atoms with E-state index in [0.717, 1.165) is 5.69 Å². The fraction of sp³-hybridized carbons (Fsp3) is 0.211. The molecule has 0 radical (unpaired) electrons. The van der Waals surface area contributed by atoms with Gasteiger partial charge in [-0.3, -0.25) is 9.36 Å². The summed E-state index contributed by atoms with van der Waals surface area (Å²) in [4.78, 5) is 12.5. The second-order valence-corrected chi connectivity index (χ2v) is 6.39. The molecule has 0 saturated carbocycles. The summed E-state index contributed by atoms with van der Waals surface area (Å²) in [6.07, 6.45) is 0. The Morgan fingerprint density at radius 2 is 1.88 bits per heavy atom. The predicted molar refractivity (Wildman–Crippen MR) is 100 cm³/mol. The Labute approximate surface area is 156 Å². The molecule has 0 fully saturated rings. The van der Waals surface area contributed by atoms with E-state index in [-0.39, 0.29) is 11.5 Å². The van der Waals surface area contributed by atoms with Crippen molar-refractivity contribution in [3.8, 4) is 11.4 Å². The third-order valence-electron chi connectivity index (χ3n) is 3.71. The molecule has 0 aliphatic carbocycles. The van der Waals surface area contributed by atoms with Crippen LogP contribution in [0, 0.1) is 0 Å². The molecule has 0 N–H and O–H groups in total. The number of thioether (sulfide) groups is 1. The molecule has 2 aromatic carbocycles. The maximum Gasteiger partial charge on any atom is 0.196 e. The average Bonchev–Trinajstić information content (AvgIpc) is 3.09. The fourth-order valence-electron chi connectivity index (χ4n) is 2.46. The summed E-state index contributed by atoms with van der Waals surface area (Å²) in [5, 5.41) is 9.08. The third kappa shape index (κ3) is 4.12. The van der Waals surface area contributed by atoms with Crippen LogP contribution in [0.4, 0.5) is 0 Å². The number of aromatic nitrogens is 3. The summed E-state index contributed by atoms with van der Waals surface area (Å²) < 4.78 is 12.3. The molecular weight excluding hydrogens is 350 g/mol. The molecule has 0 spiro atoms. The van der Waals surface area contributed by atoms with E-state index in [1.807, 2.05) is 41.0 Å². The SMILES string of the molecule is COCc1nnc(SCC(=O)c2cccc(OC)c2)n1-c1ccccc1. The summed E-state index contributed by atoms with van der Waals surface area (Å²) in [5.41, 5.74) is 1.54.